The molecule has 2 heterocycles. The van der Waals surface area contributed by atoms with E-state index in [4.69, 9.17) is 0 Å². The van der Waals surface area contributed by atoms with Gasteiger partial charge >= 0.3 is 0 Å². The highest BCUT2D eigenvalue weighted by molar-refractivity contribution is 5.13. The third-order valence-corrected chi connectivity index (χ3v) is 3.48. The molecular formula is C18H23F2N5O. The number of aliphatic hydroxyl groups is 1. The Morgan fingerprint density at radius 1 is 1.15 bits per heavy atom. The van der Waals surface area contributed by atoms with Crippen LogP contribution in [0, 0.1) is 18.6 Å². The van der Waals surface area contributed by atoms with Crippen molar-refractivity contribution in [3.05, 3.63) is 72.3 Å². The number of aromatic nitrogens is 5. The third kappa shape index (κ3) is 7.89. The molecule has 0 saturated carbocycles. The average molecular weight is 363 g/mol. The summed E-state index contributed by atoms with van der Waals surface area (Å²) in [5, 5.41) is 15.6. The van der Waals surface area contributed by atoms with E-state index in [1.807, 2.05) is 13.0 Å². The van der Waals surface area contributed by atoms with E-state index in [1.54, 1.807) is 26.8 Å². The Hall–Kier alpha value is -2.74. The molecule has 3 rings (SSSR count). The maximum absolute atomic E-state index is 13.1. The van der Waals surface area contributed by atoms with Crippen LogP contribution in [-0.4, -0.2) is 35.9 Å². The zero-order valence-electron chi connectivity index (χ0n) is 15.2. The third-order valence-electron chi connectivity index (χ3n) is 3.48. The zero-order valence-corrected chi connectivity index (χ0v) is 15.2. The number of hydrogen-bond acceptors (Lipinski definition) is 5. The molecule has 0 fully saturated rings. The highest BCUT2D eigenvalue weighted by Crippen LogP contribution is 2.26. The van der Waals surface area contributed by atoms with Crippen molar-refractivity contribution < 1.29 is 13.9 Å². The van der Waals surface area contributed by atoms with Gasteiger partial charge in [-0.3, -0.25) is 5.10 Å². The van der Waals surface area contributed by atoms with Crippen LogP contribution in [0.4, 0.5) is 8.78 Å². The summed E-state index contributed by atoms with van der Waals surface area (Å²) < 4.78 is 25.3. The van der Waals surface area contributed by atoms with Crippen molar-refractivity contribution in [3.8, 4) is 0 Å². The van der Waals surface area contributed by atoms with Gasteiger partial charge in [0.25, 0.3) is 0 Å². The minimum Gasteiger partial charge on any atom is -0.390 e. The fourth-order valence-electron chi connectivity index (χ4n) is 1.75. The summed E-state index contributed by atoms with van der Waals surface area (Å²) in [5.74, 6) is -0.988. The highest BCUT2D eigenvalue weighted by atomic mass is 19.1. The smallest absolute Gasteiger partial charge is 0.163 e. The standard InChI is InChI=1S/C9H13FN2O.C7H7F.C2H3N3/c1-6(9(2,3)13)8-7(10)4-11-5-12-8;1-6-3-2-4-7(8)5-6;1-3-2-5-4-1/h4-6,13H,1-3H3;2-5H,1H3;1-2H,(H,3,4,5). The highest BCUT2D eigenvalue weighted by Gasteiger charge is 2.27. The van der Waals surface area contributed by atoms with E-state index in [0.29, 0.717) is 0 Å². The summed E-state index contributed by atoms with van der Waals surface area (Å²) in [6.45, 7) is 6.84. The van der Waals surface area contributed by atoms with Crippen molar-refractivity contribution in [2.45, 2.75) is 39.2 Å². The van der Waals surface area contributed by atoms with Crippen molar-refractivity contribution >= 4 is 0 Å². The number of aryl methyl sites for hydroxylation is 1. The Labute approximate surface area is 151 Å². The Bertz CT molecular complexity index is 726. The monoisotopic (exact) mass is 363 g/mol. The van der Waals surface area contributed by atoms with Gasteiger partial charge in [-0.25, -0.2) is 23.7 Å². The fourth-order valence-corrected chi connectivity index (χ4v) is 1.75. The summed E-state index contributed by atoms with van der Waals surface area (Å²) in [7, 11) is 0. The van der Waals surface area contributed by atoms with Crippen LogP contribution >= 0.6 is 0 Å². The number of aromatic amines is 1. The van der Waals surface area contributed by atoms with Gasteiger partial charge in [0, 0.05) is 5.92 Å². The van der Waals surface area contributed by atoms with E-state index < -0.39 is 11.4 Å². The Balaban J connectivity index is 0.000000219. The number of halogens is 2. The van der Waals surface area contributed by atoms with Crippen molar-refractivity contribution in [3.63, 3.8) is 0 Å². The molecule has 8 heteroatoms. The van der Waals surface area contributed by atoms with E-state index in [2.05, 4.69) is 25.1 Å². The van der Waals surface area contributed by atoms with Crippen molar-refractivity contribution in [2.24, 2.45) is 0 Å². The molecule has 1 unspecified atom stereocenters. The van der Waals surface area contributed by atoms with Crippen LogP contribution in [0.1, 0.15) is 37.9 Å². The number of hydrogen-bond donors (Lipinski definition) is 2. The normalized spacial score (nSPS) is 11.5. The molecular weight excluding hydrogens is 340 g/mol. The number of H-pyrrole nitrogens is 1. The Morgan fingerprint density at radius 2 is 1.88 bits per heavy atom. The fraction of sp³-hybridized carbons (Fsp3) is 0.333. The van der Waals surface area contributed by atoms with Crippen molar-refractivity contribution in [2.75, 3.05) is 0 Å². The first-order chi connectivity index (χ1) is 12.2. The van der Waals surface area contributed by atoms with E-state index in [-0.39, 0.29) is 17.4 Å². The van der Waals surface area contributed by atoms with Crippen molar-refractivity contribution in [1.29, 1.82) is 0 Å². The second kappa shape index (κ2) is 10.3. The largest absolute Gasteiger partial charge is 0.390 e. The van der Waals surface area contributed by atoms with Crippen LogP contribution in [0.15, 0.2) is 49.4 Å². The molecule has 0 aliphatic carbocycles. The topological polar surface area (TPSA) is 87.6 Å². The summed E-state index contributed by atoms with van der Waals surface area (Å²) in [5.41, 5.74) is 0.238. The molecule has 6 nitrogen and oxygen atoms in total. The van der Waals surface area contributed by atoms with Crippen LogP contribution < -0.4 is 0 Å². The molecule has 3 aromatic rings. The predicted octanol–water partition coefficient (Wildman–Crippen LogP) is 3.43. The van der Waals surface area contributed by atoms with Gasteiger partial charge in [0.1, 0.15) is 24.8 Å². The van der Waals surface area contributed by atoms with Crippen LogP contribution in [-0.2, 0) is 0 Å². The molecule has 0 aliphatic rings. The van der Waals surface area contributed by atoms with Gasteiger partial charge in [-0.15, -0.1) is 0 Å². The summed E-state index contributed by atoms with van der Waals surface area (Å²) >= 11 is 0. The van der Waals surface area contributed by atoms with Gasteiger partial charge in [0.05, 0.1) is 17.5 Å². The van der Waals surface area contributed by atoms with E-state index >= 15 is 0 Å². The maximum atomic E-state index is 13.1. The first kappa shape index (κ1) is 21.3. The lowest BCUT2D eigenvalue weighted by atomic mass is 9.90. The van der Waals surface area contributed by atoms with Gasteiger partial charge in [0.2, 0.25) is 0 Å². The lowest BCUT2D eigenvalue weighted by molar-refractivity contribution is 0.0531. The second-order valence-corrected chi connectivity index (χ2v) is 6.08. The van der Waals surface area contributed by atoms with E-state index in [0.717, 1.165) is 11.8 Å². The number of rotatable bonds is 2. The van der Waals surface area contributed by atoms with Gasteiger partial charge in [0.15, 0.2) is 5.82 Å². The van der Waals surface area contributed by atoms with Crippen LogP contribution in [0.25, 0.3) is 0 Å². The average Bonchev–Trinajstić information content (AvgIpc) is 3.14. The lowest BCUT2D eigenvalue weighted by Crippen LogP contribution is -2.28. The SMILES string of the molecule is CC(c1ncncc1F)C(C)(C)O.Cc1cccc(F)c1.c1nc[nH]n1. The predicted molar refractivity (Wildman–Crippen MR) is 94.2 cm³/mol. The molecule has 0 aliphatic heterocycles. The van der Waals surface area contributed by atoms with Gasteiger partial charge in [-0.1, -0.05) is 19.1 Å². The van der Waals surface area contributed by atoms with Crippen LogP contribution in [0.5, 0.6) is 0 Å². The number of nitrogens with one attached hydrogen (secondary N) is 1. The first-order valence-corrected chi connectivity index (χ1v) is 7.90. The van der Waals surface area contributed by atoms with E-state index in [1.165, 1.54) is 31.1 Å². The van der Waals surface area contributed by atoms with E-state index in [9.17, 15) is 13.9 Å². The summed E-state index contributed by atoms with van der Waals surface area (Å²) in [4.78, 5) is 10.9. The van der Waals surface area contributed by atoms with Crippen LogP contribution in [0.3, 0.4) is 0 Å². The second-order valence-electron chi connectivity index (χ2n) is 6.08. The first-order valence-electron chi connectivity index (χ1n) is 7.90. The molecule has 0 radical (unpaired) electrons. The molecule has 1 aromatic carbocycles. The number of benzene rings is 1. The molecule has 0 bridgehead atoms. The zero-order chi connectivity index (χ0) is 19.6. The molecule has 2 N–H and O–H groups in total. The molecule has 26 heavy (non-hydrogen) atoms. The quantitative estimate of drug-likeness (QED) is 0.728. The Morgan fingerprint density at radius 3 is 2.27 bits per heavy atom. The molecule has 0 amide bonds. The lowest BCUT2D eigenvalue weighted by Gasteiger charge is -2.25. The van der Waals surface area contributed by atoms with Gasteiger partial charge in [-0.05, 0) is 38.5 Å². The molecule has 0 saturated heterocycles. The molecule has 0 spiro atoms. The molecule has 2 aromatic heterocycles. The number of nitrogens with zero attached hydrogens (tertiary/aromatic N) is 4. The summed E-state index contributed by atoms with van der Waals surface area (Å²) in [6, 6.07) is 6.50. The minimum atomic E-state index is -0.977. The van der Waals surface area contributed by atoms with Gasteiger partial charge in [-0.2, -0.15) is 5.10 Å². The Kier molecular flexibility index (Phi) is 8.44. The van der Waals surface area contributed by atoms with Gasteiger partial charge < -0.3 is 5.11 Å². The minimum absolute atomic E-state index is 0.162. The van der Waals surface area contributed by atoms with Crippen LogP contribution in [0.2, 0.25) is 0 Å². The molecule has 140 valence electrons. The maximum Gasteiger partial charge on any atom is 0.163 e. The summed E-state index contributed by atoms with van der Waals surface area (Å²) in [6.07, 6.45) is 5.34. The van der Waals surface area contributed by atoms with Crippen molar-refractivity contribution in [1.82, 2.24) is 25.1 Å². The molecule has 1 atom stereocenters.